The van der Waals surface area contributed by atoms with Crippen LogP contribution in [0.25, 0.3) is 5.69 Å². The first-order valence-corrected chi connectivity index (χ1v) is 7.18. The van der Waals surface area contributed by atoms with E-state index in [1.807, 2.05) is 6.92 Å². The molecule has 0 spiro atoms. The number of aryl methyl sites for hydroxylation is 2. The second kappa shape index (κ2) is 6.21. The van der Waals surface area contributed by atoms with Gasteiger partial charge in [-0.2, -0.15) is 9.36 Å². The van der Waals surface area contributed by atoms with Crippen molar-refractivity contribution in [1.29, 1.82) is 0 Å². The van der Waals surface area contributed by atoms with E-state index in [-0.39, 0.29) is 11.8 Å². The number of ether oxygens (including phenoxy) is 1. The van der Waals surface area contributed by atoms with Crippen LogP contribution in [0.2, 0.25) is 5.15 Å². The van der Waals surface area contributed by atoms with Crippen molar-refractivity contribution >= 4 is 11.6 Å². The van der Waals surface area contributed by atoms with E-state index in [1.165, 1.54) is 13.2 Å². The quantitative estimate of drug-likeness (QED) is 0.682. The molecule has 0 fully saturated rings. The van der Waals surface area contributed by atoms with Crippen molar-refractivity contribution in [2.45, 2.75) is 13.5 Å². The van der Waals surface area contributed by atoms with Gasteiger partial charge in [-0.25, -0.2) is 9.78 Å². The molecule has 0 aliphatic heterocycles. The number of pyridine rings is 1. The van der Waals surface area contributed by atoms with E-state index in [2.05, 4.69) is 15.4 Å². The summed E-state index contributed by atoms with van der Waals surface area (Å²) in [5, 5.41) is 7.74. The molecular weight excluding hydrogens is 318 g/mol. The molecule has 0 unspecified atom stereocenters. The fourth-order valence-electron chi connectivity index (χ4n) is 2.07. The summed E-state index contributed by atoms with van der Waals surface area (Å²) in [6.07, 6.45) is 1.49. The molecule has 0 aliphatic rings. The van der Waals surface area contributed by atoms with Crippen LogP contribution >= 0.6 is 11.6 Å². The van der Waals surface area contributed by atoms with Crippen LogP contribution in [-0.2, 0) is 13.7 Å². The SMILES string of the molecule is [3H]c1ccc(OCc2c(-n3nnn(C)c3=O)ccnc2Cl)c(C)c1. The summed E-state index contributed by atoms with van der Waals surface area (Å²) >= 11 is 6.18. The number of halogens is 1. The minimum absolute atomic E-state index is 0.100. The van der Waals surface area contributed by atoms with Crippen LogP contribution in [0.1, 0.15) is 12.5 Å². The zero-order valence-electron chi connectivity index (χ0n) is 13.5. The number of benzene rings is 1. The van der Waals surface area contributed by atoms with Gasteiger partial charge in [0.25, 0.3) is 0 Å². The molecule has 1 aromatic carbocycles. The van der Waals surface area contributed by atoms with Gasteiger partial charge in [0.15, 0.2) is 0 Å². The third-order valence-corrected chi connectivity index (χ3v) is 3.65. The molecule has 118 valence electrons. The molecule has 0 amide bonds. The number of hydrogen-bond donors (Lipinski definition) is 0. The Morgan fingerprint density at radius 3 is 2.87 bits per heavy atom. The van der Waals surface area contributed by atoms with Crippen LogP contribution in [0.5, 0.6) is 5.75 Å². The third kappa shape index (κ3) is 2.95. The highest BCUT2D eigenvalue weighted by molar-refractivity contribution is 6.30. The molecule has 0 atom stereocenters. The van der Waals surface area contributed by atoms with Crippen LogP contribution in [0.3, 0.4) is 0 Å². The first kappa shape index (κ1) is 14.0. The number of aromatic nitrogens is 5. The van der Waals surface area contributed by atoms with Gasteiger partial charge in [-0.05, 0) is 35.0 Å². The maximum absolute atomic E-state index is 12.1. The highest BCUT2D eigenvalue weighted by Gasteiger charge is 2.15. The summed E-state index contributed by atoms with van der Waals surface area (Å²) in [7, 11) is 1.51. The monoisotopic (exact) mass is 333 g/mol. The fourth-order valence-corrected chi connectivity index (χ4v) is 2.27. The highest BCUT2D eigenvalue weighted by Crippen LogP contribution is 2.23. The van der Waals surface area contributed by atoms with Gasteiger partial charge in [0.2, 0.25) is 0 Å². The van der Waals surface area contributed by atoms with E-state index >= 15 is 0 Å². The smallest absolute Gasteiger partial charge is 0.368 e. The first-order chi connectivity index (χ1) is 11.5. The number of nitrogens with zero attached hydrogens (tertiary/aromatic N) is 5. The molecule has 3 aromatic rings. The van der Waals surface area contributed by atoms with Gasteiger partial charge in [0.05, 0.1) is 12.6 Å². The Morgan fingerprint density at radius 2 is 2.17 bits per heavy atom. The summed E-state index contributed by atoms with van der Waals surface area (Å²) in [6, 6.07) is 7.09. The Labute approximate surface area is 138 Å². The summed E-state index contributed by atoms with van der Waals surface area (Å²) in [4.78, 5) is 16.1. The van der Waals surface area contributed by atoms with Crippen molar-refractivity contribution in [3.05, 3.63) is 63.3 Å². The Bertz CT molecular complexity index is 953. The lowest BCUT2D eigenvalue weighted by molar-refractivity contribution is 0.303. The maximum Gasteiger partial charge on any atom is 0.368 e. The Hall–Kier alpha value is -2.67. The summed E-state index contributed by atoms with van der Waals surface area (Å²) in [6.45, 7) is 1.95. The molecule has 0 N–H and O–H groups in total. The Balaban J connectivity index is 1.96. The standard InChI is InChI=1S/C15H14ClN5O2/c1-10-5-3-4-6-13(10)23-9-11-12(7-8-17-14(11)16)21-15(22)20(2)18-19-21/h3-8H,9H2,1-2H3/i3T. The van der Waals surface area contributed by atoms with Crippen molar-refractivity contribution < 1.29 is 6.11 Å². The summed E-state index contributed by atoms with van der Waals surface area (Å²) < 4.78 is 15.6. The zero-order chi connectivity index (χ0) is 17.3. The minimum atomic E-state index is -0.395. The first-order valence-electron chi connectivity index (χ1n) is 7.30. The second-order valence-electron chi connectivity index (χ2n) is 4.88. The molecule has 2 aromatic heterocycles. The highest BCUT2D eigenvalue weighted by atomic mass is 35.5. The van der Waals surface area contributed by atoms with Gasteiger partial charge in [-0.3, -0.25) is 0 Å². The van der Waals surface area contributed by atoms with Gasteiger partial charge in [-0.1, -0.05) is 29.8 Å². The number of rotatable bonds is 4. The largest absolute Gasteiger partial charge is 0.488 e. The fraction of sp³-hybridized carbons (Fsp3) is 0.200. The molecule has 0 bridgehead atoms. The molecule has 3 rings (SSSR count). The maximum atomic E-state index is 12.1. The number of tetrazole rings is 1. The van der Waals surface area contributed by atoms with Gasteiger partial charge in [-0.15, -0.1) is 0 Å². The predicted octanol–water partition coefficient (Wildman–Crippen LogP) is 1.90. The van der Waals surface area contributed by atoms with Crippen LogP contribution in [0.15, 0.2) is 41.3 Å². The summed E-state index contributed by atoms with van der Waals surface area (Å²) in [5.41, 5.74) is 1.42. The molecule has 2 heterocycles. The molecule has 7 nitrogen and oxygen atoms in total. The van der Waals surface area contributed by atoms with Gasteiger partial charge in [0, 0.05) is 13.2 Å². The van der Waals surface area contributed by atoms with Crippen molar-refractivity contribution in [1.82, 2.24) is 24.8 Å². The Kier molecular flexibility index (Phi) is 3.77. The molecule has 0 saturated heterocycles. The van der Waals surface area contributed by atoms with Crippen molar-refractivity contribution in [2.75, 3.05) is 0 Å². The van der Waals surface area contributed by atoms with E-state index in [1.54, 1.807) is 24.3 Å². The van der Waals surface area contributed by atoms with Gasteiger partial charge in [0.1, 0.15) is 17.5 Å². The molecular formula is C15H14ClN5O2. The normalized spacial score (nSPS) is 11.3. The second-order valence-corrected chi connectivity index (χ2v) is 5.23. The number of hydrogen-bond acceptors (Lipinski definition) is 5. The number of para-hydroxylation sites is 1. The van der Waals surface area contributed by atoms with Crippen molar-refractivity contribution in [2.24, 2.45) is 7.05 Å². The topological polar surface area (TPSA) is 74.8 Å². The third-order valence-electron chi connectivity index (χ3n) is 3.32. The van der Waals surface area contributed by atoms with Crippen LogP contribution < -0.4 is 10.4 Å². The molecule has 0 radical (unpaired) electrons. The van der Waals surface area contributed by atoms with E-state index in [4.69, 9.17) is 17.7 Å². The van der Waals surface area contributed by atoms with E-state index < -0.39 is 5.69 Å². The molecule has 23 heavy (non-hydrogen) atoms. The van der Waals surface area contributed by atoms with Crippen LogP contribution in [0, 0.1) is 6.92 Å². The molecule has 8 heteroatoms. The average Bonchev–Trinajstić information content (AvgIpc) is 2.87. The van der Waals surface area contributed by atoms with Gasteiger partial charge >= 0.3 is 5.69 Å². The zero-order valence-corrected chi connectivity index (χ0v) is 13.3. The molecule has 0 saturated carbocycles. The van der Waals surface area contributed by atoms with Crippen LogP contribution in [-0.4, -0.2) is 24.8 Å². The lowest BCUT2D eigenvalue weighted by Crippen LogP contribution is -2.23. The van der Waals surface area contributed by atoms with E-state index in [0.29, 0.717) is 23.0 Å². The predicted molar refractivity (Wildman–Crippen MR) is 84.9 cm³/mol. The summed E-state index contributed by atoms with van der Waals surface area (Å²) in [5.74, 6) is 0.628. The average molecular weight is 334 g/mol. The molecule has 0 aliphatic carbocycles. The van der Waals surface area contributed by atoms with E-state index in [9.17, 15) is 4.79 Å². The van der Waals surface area contributed by atoms with Gasteiger partial charge < -0.3 is 4.74 Å². The van der Waals surface area contributed by atoms with E-state index in [0.717, 1.165) is 14.9 Å². The van der Waals surface area contributed by atoms with Crippen molar-refractivity contribution in [3.8, 4) is 11.4 Å². The minimum Gasteiger partial charge on any atom is -0.488 e. The van der Waals surface area contributed by atoms with Crippen LogP contribution in [0.4, 0.5) is 0 Å². The van der Waals surface area contributed by atoms with Crippen molar-refractivity contribution in [3.63, 3.8) is 0 Å². The Morgan fingerprint density at radius 1 is 1.35 bits per heavy atom. The lowest BCUT2D eigenvalue weighted by Gasteiger charge is -2.12. The lowest BCUT2D eigenvalue weighted by atomic mass is 10.2.